The summed E-state index contributed by atoms with van der Waals surface area (Å²) in [7, 11) is 1.39. The number of methoxy groups -OCH3 is 1. The van der Waals surface area contributed by atoms with Crippen molar-refractivity contribution < 1.29 is 28.3 Å². The molecule has 11 nitrogen and oxygen atoms in total. The monoisotopic (exact) mass is 580 g/mol. The minimum atomic E-state index is -0.898. The molecule has 2 aromatic carbocycles. The number of hydrogen-bond acceptors (Lipinski definition) is 9. The zero-order valence-electron chi connectivity index (χ0n) is 22.3. The summed E-state index contributed by atoms with van der Waals surface area (Å²) < 4.78 is 24.1. The van der Waals surface area contributed by atoms with E-state index in [1.165, 1.54) is 36.4 Å². The SMILES string of the molecule is COc1cc(F)cc(C(CO)NC(=O)C(C)N2Cc3ccc(-c4nc(Nc5cc(C)on5)ncc4Cl)cc3C2=O)c1. The lowest BCUT2D eigenvalue weighted by Crippen LogP contribution is -2.46. The Morgan fingerprint density at radius 1 is 1.27 bits per heavy atom. The lowest BCUT2D eigenvalue weighted by molar-refractivity contribution is -0.126. The summed E-state index contributed by atoms with van der Waals surface area (Å²) in [5.74, 6) is 0.119. The van der Waals surface area contributed by atoms with E-state index in [0.29, 0.717) is 34.0 Å². The molecule has 0 aliphatic carbocycles. The van der Waals surface area contributed by atoms with Gasteiger partial charge in [-0.2, -0.15) is 0 Å². The lowest BCUT2D eigenvalue weighted by atomic mass is 10.0. The van der Waals surface area contributed by atoms with Crippen molar-refractivity contribution in [2.75, 3.05) is 19.0 Å². The number of rotatable bonds is 9. The quantitative estimate of drug-likeness (QED) is 0.266. The molecule has 0 spiro atoms. The first-order valence-corrected chi connectivity index (χ1v) is 13.0. The van der Waals surface area contributed by atoms with Gasteiger partial charge in [0.25, 0.3) is 5.91 Å². The third-order valence-electron chi connectivity index (χ3n) is 6.70. The number of anilines is 2. The van der Waals surface area contributed by atoms with E-state index in [1.807, 2.05) is 0 Å². The number of aliphatic hydroxyl groups is 1. The summed E-state index contributed by atoms with van der Waals surface area (Å²) in [4.78, 5) is 36.6. The topological polar surface area (TPSA) is 143 Å². The Balaban J connectivity index is 1.33. The van der Waals surface area contributed by atoms with Crippen molar-refractivity contribution in [2.24, 2.45) is 0 Å². The molecule has 13 heteroatoms. The van der Waals surface area contributed by atoms with Crippen LogP contribution in [0.25, 0.3) is 11.3 Å². The van der Waals surface area contributed by atoms with Crippen LogP contribution in [0.3, 0.4) is 0 Å². The number of ether oxygens (including phenoxy) is 1. The number of nitrogens with one attached hydrogen (secondary N) is 2. The molecule has 3 N–H and O–H groups in total. The van der Waals surface area contributed by atoms with Crippen LogP contribution < -0.4 is 15.4 Å². The van der Waals surface area contributed by atoms with Gasteiger partial charge in [-0.05, 0) is 43.2 Å². The lowest BCUT2D eigenvalue weighted by Gasteiger charge is -2.26. The smallest absolute Gasteiger partial charge is 0.255 e. The first-order valence-electron chi connectivity index (χ1n) is 12.6. The average Bonchev–Trinajstić information content (AvgIpc) is 3.53. The van der Waals surface area contributed by atoms with Gasteiger partial charge in [-0.3, -0.25) is 9.59 Å². The fraction of sp³-hybridized carbons (Fsp3) is 0.250. The largest absolute Gasteiger partial charge is 0.497 e. The molecular weight excluding hydrogens is 555 g/mol. The zero-order chi connectivity index (χ0) is 29.3. The molecule has 212 valence electrons. The van der Waals surface area contributed by atoms with Crippen molar-refractivity contribution in [3.8, 4) is 17.0 Å². The molecule has 2 amide bonds. The first-order chi connectivity index (χ1) is 19.7. The molecule has 4 aromatic rings. The molecule has 5 rings (SSSR count). The molecule has 2 aromatic heterocycles. The maximum absolute atomic E-state index is 14.0. The van der Waals surface area contributed by atoms with Crippen molar-refractivity contribution in [3.05, 3.63) is 82.0 Å². The van der Waals surface area contributed by atoms with E-state index in [9.17, 15) is 19.1 Å². The normalized spacial score (nSPS) is 14.0. The van der Waals surface area contributed by atoms with Crippen LogP contribution in [0.1, 0.15) is 40.2 Å². The molecule has 0 bridgehead atoms. The van der Waals surface area contributed by atoms with Gasteiger partial charge < -0.3 is 29.9 Å². The number of benzene rings is 2. The Bertz CT molecular complexity index is 1630. The average molecular weight is 581 g/mol. The number of amides is 2. The molecule has 1 aliphatic heterocycles. The van der Waals surface area contributed by atoms with Gasteiger partial charge in [0.2, 0.25) is 11.9 Å². The summed E-state index contributed by atoms with van der Waals surface area (Å²) in [6.45, 7) is 3.08. The van der Waals surface area contributed by atoms with Crippen LogP contribution in [0, 0.1) is 12.7 Å². The van der Waals surface area contributed by atoms with Crippen molar-refractivity contribution in [1.29, 1.82) is 0 Å². The second-order valence-corrected chi connectivity index (χ2v) is 9.89. The van der Waals surface area contributed by atoms with E-state index in [4.69, 9.17) is 20.9 Å². The highest BCUT2D eigenvalue weighted by atomic mass is 35.5. The molecular formula is C28H26ClFN6O5. The number of aryl methyl sites for hydroxylation is 1. The number of hydrogen-bond donors (Lipinski definition) is 3. The third-order valence-corrected chi connectivity index (χ3v) is 6.98. The molecule has 2 unspecified atom stereocenters. The van der Waals surface area contributed by atoms with Crippen LogP contribution in [0.15, 0.2) is 53.2 Å². The van der Waals surface area contributed by atoms with E-state index in [0.717, 1.165) is 5.56 Å². The summed E-state index contributed by atoms with van der Waals surface area (Å²) in [5, 5.41) is 19.7. The van der Waals surface area contributed by atoms with Crippen LogP contribution in [-0.4, -0.2) is 56.7 Å². The predicted molar refractivity (Wildman–Crippen MR) is 147 cm³/mol. The molecule has 1 aliphatic rings. The van der Waals surface area contributed by atoms with E-state index in [2.05, 4.69) is 25.8 Å². The van der Waals surface area contributed by atoms with Gasteiger partial charge in [0.05, 0.1) is 36.7 Å². The molecule has 2 atom stereocenters. The van der Waals surface area contributed by atoms with Gasteiger partial charge in [-0.1, -0.05) is 28.9 Å². The first kappa shape index (κ1) is 28.0. The number of aromatic nitrogens is 3. The number of aliphatic hydroxyl groups excluding tert-OH is 1. The van der Waals surface area contributed by atoms with Gasteiger partial charge >= 0.3 is 0 Å². The van der Waals surface area contributed by atoms with Crippen LogP contribution in [0.4, 0.5) is 16.2 Å². The van der Waals surface area contributed by atoms with Crippen LogP contribution >= 0.6 is 11.6 Å². The summed E-state index contributed by atoms with van der Waals surface area (Å²) in [5.41, 5.74) is 2.46. The maximum Gasteiger partial charge on any atom is 0.255 e. The Morgan fingerprint density at radius 3 is 2.78 bits per heavy atom. The van der Waals surface area contributed by atoms with Crippen LogP contribution in [-0.2, 0) is 11.3 Å². The van der Waals surface area contributed by atoms with Gasteiger partial charge in [0.1, 0.15) is 23.4 Å². The number of halogens is 2. The highest BCUT2D eigenvalue weighted by molar-refractivity contribution is 6.33. The Hall–Kier alpha value is -4.55. The summed E-state index contributed by atoms with van der Waals surface area (Å²) in [6, 6.07) is 9.09. The second-order valence-electron chi connectivity index (χ2n) is 9.49. The predicted octanol–water partition coefficient (Wildman–Crippen LogP) is 4.18. The molecule has 0 radical (unpaired) electrons. The minimum Gasteiger partial charge on any atom is -0.497 e. The standard InChI is InChI=1S/C28H26ClFN6O5/c1-14-6-24(35-41-14)33-28-31-11-22(29)25(34-28)16-4-5-17-12-36(27(39)21(17)9-16)15(2)26(38)32-23(13-37)18-7-19(30)10-20(8-18)40-3/h4-11,15,23,37H,12-13H2,1-3H3,(H,32,38)(H,31,33,34,35). The van der Waals surface area contributed by atoms with Crippen molar-refractivity contribution in [3.63, 3.8) is 0 Å². The molecule has 0 saturated carbocycles. The molecule has 0 fully saturated rings. The second kappa shape index (κ2) is 11.5. The van der Waals surface area contributed by atoms with E-state index < -0.39 is 30.4 Å². The highest BCUT2D eigenvalue weighted by Crippen LogP contribution is 2.33. The van der Waals surface area contributed by atoms with Gasteiger partial charge in [-0.25, -0.2) is 14.4 Å². The van der Waals surface area contributed by atoms with E-state index >= 15 is 0 Å². The van der Waals surface area contributed by atoms with E-state index in [-0.39, 0.29) is 29.2 Å². The molecule has 41 heavy (non-hydrogen) atoms. The van der Waals surface area contributed by atoms with Crippen molar-refractivity contribution in [2.45, 2.75) is 32.5 Å². The van der Waals surface area contributed by atoms with Gasteiger partial charge in [0, 0.05) is 29.8 Å². The van der Waals surface area contributed by atoms with Gasteiger partial charge in [0.15, 0.2) is 5.82 Å². The molecule has 3 heterocycles. The number of fused-ring (bicyclic) bond motifs is 1. The zero-order valence-corrected chi connectivity index (χ0v) is 23.1. The highest BCUT2D eigenvalue weighted by Gasteiger charge is 2.35. The maximum atomic E-state index is 14.0. The number of carbonyl (C=O) groups is 2. The molecule has 0 saturated heterocycles. The third kappa shape index (κ3) is 5.83. The minimum absolute atomic E-state index is 0.205. The van der Waals surface area contributed by atoms with Crippen molar-refractivity contribution in [1.82, 2.24) is 25.3 Å². The fourth-order valence-corrected chi connectivity index (χ4v) is 4.73. The van der Waals surface area contributed by atoms with Gasteiger partial charge in [-0.15, -0.1) is 0 Å². The number of carbonyl (C=O) groups excluding carboxylic acids is 2. The Morgan fingerprint density at radius 2 is 2.07 bits per heavy atom. The number of nitrogens with zero attached hydrogens (tertiary/aromatic N) is 4. The Kier molecular flexibility index (Phi) is 7.86. The summed E-state index contributed by atoms with van der Waals surface area (Å²) in [6.07, 6.45) is 1.44. The van der Waals surface area contributed by atoms with Crippen LogP contribution in [0.2, 0.25) is 5.02 Å². The fourth-order valence-electron chi connectivity index (χ4n) is 4.52. The summed E-state index contributed by atoms with van der Waals surface area (Å²) >= 11 is 6.40. The van der Waals surface area contributed by atoms with Crippen LogP contribution in [0.5, 0.6) is 5.75 Å². The van der Waals surface area contributed by atoms with Crippen molar-refractivity contribution >= 4 is 35.2 Å². The Labute approximate surface area is 239 Å². The van der Waals surface area contributed by atoms with E-state index in [1.54, 1.807) is 38.1 Å².